The van der Waals surface area contributed by atoms with Crippen LogP contribution in [-0.4, -0.2) is 30.4 Å². The van der Waals surface area contributed by atoms with Gasteiger partial charge in [0.1, 0.15) is 0 Å². The fourth-order valence-electron chi connectivity index (χ4n) is 3.27. The lowest BCUT2D eigenvalue weighted by Crippen LogP contribution is -2.32. The van der Waals surface area contributed by atoms with Crippen LogP contribution in [0.4, 0.5) is 13.2 Å². The van der Waals surface area contributed by atoms with E-state index in [9.17, 15) is 26.4 Å². The first-order valence-corrected chi connectivity index (χ1v) is 9.77. The number of hydrogen-bond acceptors (Lipinski definition) is 3. The summed E-state index contributed by atoms with van der Waals surface area (Å²) in [5, 5.41) is -0.296. The van der Waals surface area contributed by atoms with Crippen molar-refractivity contribution in [1.29, 1.82) is 0 Å². The third-order valence-corrected chi connectivity index (χ3v) is 6.62. The minimum absolute atomic E-state index is 0.0413. The molecule has 1 aromatic heterocycles. The molecule has 0 radical (unpaired) electrons. The van der Waals surface area contributed by atoms with Gasteiger partial charge in [-0.2, -0.15) is 17.5 Å². The highest BCUT2D eigenvalue weighted by atomic mass is 32.2. The van der Waals surface area contributed by atoms with E-state index >= 15 is 0 Å². The van der Waals surface area contributed by atoms with Gasteiger partial charge >= 0.3 is 6.18 Å². The van der Waals surface area contributed by atoms with Crippen LogP contribution < -0.4 is 5.56 Å². The van der Waals surface area contributed by atoms with E-state index in [-0.39, 0.29) is 15.8 Å². The Morgan fingerprint density at radius 3 is 2.19 bits per heavy atom. The maximum atomic E-state index is 13.4. The molecule has 1 fully saturated rings. The summed E-state index contributed by atoms with van der Waals surface area (Å²) in [5.74, 6) is 0. The molecule has 0 unspecified atom stereocenters. The van der Waals surface area contributed by atoms with Crippen LogP contribution in [0.2, 0.25) is 0 Å². The summed E-state index contributed by atoms with van der Waals surface area (Å²) in [5.41, 5.74) is -1.88. The summed E-state index contributed by atoms with van der Waals surface area (Å²) in [6.07, 6.45) is -1.42. The highest BCUT2D eigenvalue weighted by molar-refractivity contribution is 7.89. The summed E-state index contributed by atoms with van der Waals surface area (Å²) in [6.45, 7) is 0.722. The van der Waals surface area contributed by atoms with Crippen LogP contribution in [0.1, 0.15) is 31.2 Å². The average molecular weight is 388 g/mol. The first-order valence-electron chi connectivity index (χ1n) is 8.33. The van der Waals surface area contributed by atoms with Gasteiger partial charge in [-0.3, -0.25) is 4.79 Å². The standard InChI is InChI=1S/C17H19F3N2O3S/c1-21-15-7-6-12(26(24,25)22-8-4-2-3-5-9-22)10-13(15)14(11-16(21)23)17(18,19)20/h6-7,10-11H,2-5,8-9H2,1H3. The fraction of sp³-hybridized carbons (Fsp3) is 0.471. The number of hydrogen-bond donors (Lipinski definition) is 0. The van der Waals surface area contributed by atoms with Gasteiger partial charge in [0.2, 0.25) is 10.0 Å². The van der Waals surface area contributed by atoms with Crippen molar-refractivity contribution in [3.05, 3.63) is 40.2 Å². The minimum Gasteiger partial charge on any atom is -0.311 e. The van der Waals surface area contributed by atoms with E-state index in [0.29, 0.717) is 19.2 Å². The molecule has 1 aromatic carbocycles. The molecule has 0 bridgehead atoms. The molecule has 3 rings (SSSR count). The van der Waals surface area contributed by atoms with Crippen LogP contribution in [0, 0.1) is 0 Å². The summed E-state index contributed by atoms with van der Waals surface area (Å²) in [7, 11) is -2.53. The van der Waals surface area contributed by atoms with Crippen molar-refractivity contribution in [2.24, 2.45) is 7.05 Å². The molecule has 0 spiro atoms. The lowest BCUT2D eigenvalue weighted by Gasteiger charge is -2.21. The summed E-state index contributed by atoms with van der Waals surface area (Å²) < 4.78 is 68.2. The molecule has 0 aliphatic carbocycles. The molecule has 142 valence electrons. The smallest absolute Gasteiger partial charge is 0.311 e. The van der Waals surface area contributed by atoms with Crippen LogP contribution in [0.15, 0.2) is 34.0 Å². The monoisotopic (exact) mass is 388 g/mol. The van der Waals surface area contributed by atoms with Crippen molar-refractivity contribution in [2.45, 2.75) is 36.8 Å². The van der Waals surface area contributed by atoms with E-state index < -0.39 is 27.3 Å². The molecular weight excluding hydrogens is 369 g/mol. The Labute approximate surface area is 149 Å². The zero-order valence-corrected chi connectivity index (χ0v) is 15.0. The van der Waals surface area contributed by atoms with Crippen LogP contribution in [0.3, 0.4) is 0 Å². The normalized spacial score (nSPS) is 17.4. The maximum Gasteiger partial charge on any atom is 0.417 e. The van der Waals surface area contributed by atoms with Gasteiger partial charge in [0, 0.05) is 31.6 Å². The van der Waals surface area contributed by atoms with Crippen LogP contribution in [0.25, 0.3) is 10.9 Å². The van der Waals surface area contributed by atoms with Crippen molar-refractivity contribution in [2.75, 3.05) is 13.1 Å². The number of halogens is 3. The van der Waals surface area contributed by atoms with Gasteiger partial charge in [0.25, 0.3) is 5.56 Å². The lowest BCUT2D eigenvalue weighted by atomic mass is 10.1. The van der Waals surface area contributed by atoms with E-state index in [1.807, 2.05) is 0 Å². The summed E-state index contributed by atoms with van der Waals surface area (Å²) in [4.78, 5) is 11.6. The molecule has 0 N–H and O–H groups in total. The zero-order valence-electron chi connectivity index (χ0n) is 14.2. The Kier molecular flexibility index (Phi) is 4.87. The number of rotatable bonds is 2. The predicted molar refractivity (Wildman–Crippen MR) is 91.4 cm³/mol. The Morgan fingerprint density at radius 1 is 1.00 bits per heavy atom. The fourth-order valence-corrected chi connectivity index (χ4v) is 4.81. The number of aromatic nitrogens is 1. The minimum atomic E-state index is -4.75. The number of fused-ring (bicyclic) bond motifs is 1. The highest BCUT2D eigenvalue weighted by Gasteiger charge is 2.34. The number of aryl methyl sites for hydroxylation is 1. The Morgan fingerprint density at radius 2 is 1.62 bits per heavy atom. The van der Waals surface area contributed by atoms with Crippen molar-refractivity contribution in [3.8, 4) is 0 Å². The molecule has 1 aliphatic heterocycles. The molecule has 0 amide bonds. The number of alkyl halides is 3. The molecule has 5 nitrogen and oxygen atoms in total. The molecule has 2 heterocycles. The number of benzene rings is 1. The van der Waals surface area contributed by atoms with Gasteiger partial charge in [0.05, 0.1) is 16.0 Å². The lowest BCUT2D eigenvalue weighted by molar-refractivity contribution is -0.136. The van der Waals surface area contributed by atoms with Gasteiger partial charge in [-0.1, -0.05) is 12.8 Å². The van der Waals surface area contributed by atoms with Gasteiger partial charge < -0.3 is 4.57 Å². The molecule has 9 heteroatoms. The average Bonchev–Trinajstić information content (AvgIpc) is 2.86. The predicted octanol–water partition coefficient (Wildman–Crippen LogP) is 3.12. The molecule has 26 heavy (non-hydrogen) atoms. The summed E-state index contributed by atoms with van der Waals surface area (Å²) in [6, 6.07) is 4.06. The second-order valence-electron chi connectivity index (χ2n) is 6.45. The van der Waals surface area contributed by atoms with Crippen molar-refractivity contribution < 1.29 is 21.6 Å². The van der Waals surface area contributed by atoms with Crippen molar-refractivity contribution in [1.82, 2.24) is 8.87 Å². The van der Waals surface area contributed by atoms with E-state index in [4.69, 9.17) is 0 Å². The number of sulfonamides is 1. The quantitative estimate of drug-likeness (QED) is 0.794. The zero-order chi connectivity index (χ0) is 19.1. The largest absolute Gasteiger partial charge is 0.417 e. The Bertz CT molecular complexity index is 989. The molecule has 0 saturated carbocycles. The van der Waals surface area contributed by atoms with Gasteiger partial charge in [-0.25, -0.2) is 8.42 Å². The topological polar surface area (TPSA) is 59.4 Å². The van der Waals surface area contributed by atoms with Crippen molar-refractivity contribution >= 4 is 20.9 Å². The Hall–Kier alpha value is -1.87. The maximum absolute atomic E-state index is 13.4. The molecule has 1 aliphatic rings. The van der Waals surface area contributed by atoms with E-state index in [1.165, 1.54) is 23.5 Å². The third-order valence-electron chi connectivity index (χ3n) is 4.73. The van der Waals surface area contributed by atoms with Gasteiger partial charge in [-0.15, -0.1) is 0 Å². The van der Waals surface area contributed by atoms with E-state index in [1.54, 1.807) is 0 Å². The van der Waals surface area contributed by atoms with E-state index in [2.05, 4.69) is 0 Å². The highest BCUT2D eigenvalue weighted by Crippen LogP contribution is 2.35. The second-order valence-corrected chi connectivity index (χ2v) is 8.39. The Balaban J connectivity index is 2.20. The van der Waals surface area contributed by atoms with E-state index in [0.717, 1.165) is 36.3 Å². The van der Waals surface area contributed by atoms with Gasteiger partial charge in [0.15, 0.2) is 0 Å². The molecule has 0 atom stereocenters. The number of pyridine rings is 1. The second kappa shape index (κ2) is 6.70. The number of nitrogens with zero attached hydrogens (tertiary/aromatic N) is 2. The molecule has 2 aromatic rings. The summed E-state index contributed by atoms with van der Waals surface area (Å²) >= 11 is 0. The molecular formula is C17H19F3N2O3S. The van der Waals surface area contributed by atoms with Gasteiger partial charge in [-0.05, 0) is 31.0 Å². The SMILES string of the molecule is Cn1c(=O)cc(C(F)(F)F)c2cc(S(=O)(=O)N3CCCCCC3)ccc21. The van der Waals surface area contributed by atoms with Crippen molar-refractivity contribution in [3.63, 3.8) is 0 Å². The van der Waals surface area contributed by atoms with Crippen LogP contribution in [-0.2, 0) is 23.2 Å². The first kappa shape index (κ1) is 18.9. The van der Waals surface area contributed by atoms with Crippen LogP contribution >= 0.6 is 0 Å². The van der Waals surface area contributed by atoms with Crippen LogP contribution in [0.5, 0.6) is 0 Å². The third kappa shape index (κ3) is 3.37. The molecule has 1 saturated heterocycles. The first-order chi connectivity index (χ1) is 12.1.